The summed E-state index contributed by atoms with van der Waals surface area (Å²) in [5.74, 6) is 1.43. The molecule has 0 radical (unpaired) electrons. The maximum absolute atomic E-state index is 11.7. The summed E-state index contributed by atoms with van der Waals surface area (Å²) < 4.78 is 7.25. The van der Waals surface area contributed by atoms with E-state index >= 15 is 0 Å². The molecule has 1 aromatic heterocycles. The van der Waals surface area contributed by atoms with Crippen molar-refractivity contribution in [2.24, 2.45) is 0 Å². The Morgan fingerprint density at radius 1 is 1.53 bits per heavy atom. The lowest BCUT2D eigenvalue weighted by atomic mass is 10.3. The van der Waals surface area contributed by atoms with Gasteiger partial charge < -0.3 is 9.30 Å². The van der Waals surface area contributed by atoms with Crippen molar-refractivity contribution >= 4 is 17.7 Å². The predicted octanol–water partition coefficient (Wildman–Crippen LogP) is 2.14. The summed E-state index contributed by atoms with van der Waals surface area (Å²) in [7, 11) is 0. The highest BCUT2D eigenvalue weighted by atomic mass is 32.2. The molecule has 1 aliphatic carbocycles. The lowest BCUT2D eigenvalue weighted by Crippen LogP contribution is -2.11. The molecular weight excluding hydrogens is 262 g/mol. The molecule has 0 unspecified atom stereocenters. The van der Waals surface area contributed by atoms with Gasteiger partial charge in [-0.25, -0.2) is 0 Å². The van der Waals surface area contributed by atoms with Gasteiger partial charge in [-0.1, -0.05) is 17.8 Å². The Morgan fingerprint density at radius 3 is 2.89 bits per heavy atom. The predicted molar refractivity (Wildman–Crippen MR) is 72.0 cm³/mol. The molecule has 102 valence electrons. The first-order valence-electron chi connectivity index (χ1n) is 6.60. The molecule has 5 nitrogen and oxygen atoms in total. The standard InChI is InChI=1S/C13H17N3O2S/c1-3-6-16-11(9-4-5-9)14-15-13(16)19-10-7-8(2)18-12(10)17/h3,8-10H,1,4-7H2,2H3/t8-,10-/m1/s1. The second-order valence-corrected chi connectivity index (χ2v) is 6.27. The van der Waals surface area contributed by atoms with E-state index in [1.807, 2.05) is 13.0 Å². The number of rotatable bonds is 5. The van der Waals surface area contributed by atoms with Crippen molar-refractivity contribution in [1.82, 2.24) is 14.8 Å². The summed E-state index contributed by atoms with van der Waals surface area (Å²) >= 11 is 1.46. The van der Waals surface area contributed by atoms with Gasteiger partial charge >= 0.3 is 5.97 Å². The Balaban J connectivity index is 1.80. The molecule has 0 aromatic carbocycles. The molecule has 2 heterocycles. The minimum atomic E-state index is -0.158. The van der Waals surface area contributed by atoms with E-state index in [4.69, 9.17) is 4.74 Å². The number of thioether (sulfide) groups is 1. The highest BCUT2D eigenvalue weighted by Crippen LogP contribution is 2.41. The van der Waals surface area contributed by atoms with Crippen molar-refractivity contribution in [2.45, 2.75) is 55.2 Å². The molecule has 1 saturated heterocycles. The molecule has 1 aliphatic heterocycles. The monoisotopic (exact) mass is 279 g/mol. The normalized spacial score (nSPS) is 26.5. The fourth-order valence-electron chi connectivity index (χ4n) is 2.27. The van der Waals surface area contributed by atoms with Gasteiger partial charge in [0.25, 0.3) is 0 Å². The lowest BCUT2D eigenvalue weighted by molar-refractivity contribution is -0.140. The molecule has 0 spiro atoms. The van der Waals surface area contributed by atoms with E-state index in [1.165, 1.54) is 24.6 Å². The summed E-state index contributed by atoms with van der Waals surface area (Å²) in [6, 6.07) is 0. The number of allylic oxidation sites excluding steroid dienone is 1. The molecule has 1 saturated carbocycles. The zero-order valence-electron chi connectivity index (χ0n) is 10.9. The van der Waals surface area contributed by atoms with Gasteiger partial charge in [0.2, 0.25) is 0 Å². The Labute approximate surface area is 116 Å². The molecular formula is C13H17N3O2S. The van der Waals surface area contributed by atoms with Crippen LogP contribution >= 0.6 is 11.8 Å². The second-order valence-electron chi connectivity index (χ2n) is 5.10. The third kappa shape index (κ3) is 2.54. The van der Waals surface area contributed by atoms with Gasteiger partial charge in [-0.2, -0.15) is 0 Å². The Bertz CT molecular complexity index is 510. The van der Waals surface area contributed by atoms with Crippen molar-refractivity contribution in [3.8, 4) is 0 Å². The number of cyclic esters (lactones) is 1. The Morgan fingerprint density at radius 2 is 2.32 bits per heavy atom. The van der Waals surface area contributed by atoms with Crippen LogP contribution in [0.3, 0.4) is 0 Å². The first kappa shape index (κ1) is 12.7. The van der Waals surface area contributed by atoms with Crippen LogP contribution in [0, 0.1) is 0 Å². The maximum Gasteiger partial charge on any atom is 0.319 e. The minimum Gasteiger partial charge on any atom is -0.462 e. The number of aromatic nitrogens is 3. The first-order valence-corrected chi connectivity index (χ1v) is 7.48. The zero-order chi connectivity index (χ0) is 13.4. The van der Waals surface area contributed by atoms with E-state index in [-0.39, 0.29) is 17.3 Å². The van der Waals surface area contributed by atoms with Crippen molar-refractivity contribution in [3.63, 3.8) is 0 Å². The van der Waals surface area contributed by atoms with Gasteiger partial charge in [-0.3, -0.25) is 4.79 Å². The van der Waals surface area contributed by atoms with Crippen LogP contribution in [0.4, 0.5) is 0 Å². The third-order valence-electron chi connectivity index (χ3n) is 3.37. The van der Waals surface area contributed by atoms with Crippen molar-refractivity contribution in [2.75, 3.05) is 0 Å². The average Bonchev–Trinajstić information content (AvgIpc) is 3.06. The van der Waals surface area contributed by atoms with Crippen LogP contribution in [0.25, 0.3) is 0 Å². The zero-order valence-corrected chi connectivity index (χ0v) is 11.7. The number of hydrogen-bond donors (Lipinski definition) is 0. The fraction of sp³-hybridized carbons (Fsp3) is 0.615. The molecule has 0 amide bonds. The first-order chi connectivity index (χ1) is 9.19. The maximum atomic E-state index is 11.7. The molecule has 2 aliphatic rings. The highest BCUT2D eigenvalue weighted by molar-refractivity contribution is 8.00. The number of carbonyl (C=O) groups excluding carboxylic acids is 1. The van der Waals surface area contributed by atoms with Crippen LogP contribution in [-0.2, 0) is 16.1 Å². The van der Waals surface area contributed by atoms with Gasteiger partial charge in [0.1, 0.15) is 17.2 Å². The summed E-state index contributed by atoms with van der Waals surface area (Å²) in [4.78, 5) is 11.7. The van der Waals surface area contributed by atoms with Gasteiger partial charge in [-0.15, -0.1) is 16.8 Å². The smallest absolute Gasteiger partial charge is 0.319 e. The molecule has 1 aromatic rings. The van der Waals surface area contributed by atoms with E-state index in [1.54, 1.807) is 0 Å². The summed E-state index contributed by atoms with van der Waals surface area (Å²) in [5.41, 5.74) is 0. The van der Waals surface area contributed by atoms with Crippen LogP contribution in [0.5, 0.6) is 0 Å². The molecule has 2 atom stereocenters. The SMILES string of the molecule is C=CCn1c(S[C@@H]2C[C@@H](C)OC2=O)nnc1C1CC1. The average molecular weight is 279 g/mol. The minimum absolute atomic E-state index is 0.00341. The van der Waals surface area contributed by atoms with E-state index in [0.717, 1.165) is 17.4 Å². The summed E-state index contributed by atoms with van der Waals surface area (Å²) in [6.07, 6.45) is 4.95. The molecule has 2 fully saturated rings. The highest BCUT2D eigenvalue weighted by Gasteiger charge is 2.35. The molecule has 0 N–H and O–H groups in total. The molecule has 6 heteroatoms. The van der Waals surface area contributed by atoms with Crippen molar-refractivity contribution in [3.05, 3.63) is 18.5 Å². The second kappa shape index (κ2) is 5.00. The fourth-order valence-corrected chi connectivity index (χ4v) is 3.43. The van der Waals surface area contributed by atoms with E-state index in [2.05, 4.69) is 21.3 Å². The van der Waals surface area contributed by atoms with Crippen LogP contribution in [0.2, 0.25) is 0 Å². The van der Waals surface area contributed by atoms with Crippen LogP contribution in [0.15, 0.2) is 17.8 Å². The molecule has 3 rings (SSSR count). The molecule has 19 heavy (non-hydrogen) atoms. The Hall–Kier alpha value is -1.30. The van der Waals surface area contributed by atoms with Crippen molar-refractivity contribution in [1.29, 1.82) is 0 Å². The number of hydrogen-bond acceptors (Lipinski definition) is 5. The lowest BCUT2D eigenvalue weighted by Gasteiger charge is -2.08. The topological polar surface area (TPSA) is 57.0 Å². The molecule has 0 bridgehead atoms. The van der Waals surface area contributed by atoms with E-state index in [9.17, 15) is 4.79 Å². The van der Waals surface area contributed by atoms with Crippen LogP contribution < -0.4 is 0 Å². The summed E-state index contributed by atoms with van der Waals surface area (Å²) in [5, 5.41) is 9.16. The quantitative estimate of drug-likeness (QED) is 0.610. The van der Waals surface area contributed by atoms with Gasteiger partial charge in [0.05, 0.1) is 0 Å². The number of carbonyl (C=O) groups is 1. The Kier molecular flexibility index (Phi) is 3.35. The van der Waals surface area contributed by atoms with Crippen LogP contribution in [0.1, 0.15) is 37.9 Å². The van der Waals surface area contributed by atoms with Gasteiger partial charge in [-0.05, 0) is 19.8 Å². The van der Waals surface area contributed by atoms with Crippen LogP contribution in [-0.4, -0.2) is 32.1 Å². The number of esters is 1. The van der Waals surface area contributed by atoms with Gasteiger partial charge in [0, 0.05) is 18.9 Å². The number of nitrogens with zero attached hydrogens (tertiary/aromatic N) is 3. The van der Waals surface area contributed by atoms with Crippen molar-refractivity contribution < 1.29 is 9.53 Å². The third-order valence-corrected chi connectivity index (χ3v) is 4.56. The largest absolute Gasteiger partial charge is 0.462 e. The number of ether oxygens (including phenoxy) is 1. The summed E-state index contributed by atoms with van der Waals surface area (Å²) in [6.45, 7) is 6.39. The van der Waals surface area contributed by atoms with E-state index < -0.39 is 0 Å². The van der Waals surface area contributed by atoms with Gasteiger partial charge in [0.15, 0.2) is 5.16 Å². The van der Waals surface area contributed by atoms with E-state index in [0.29, 0.717) is 12.5 Å².